The van der Waals surface area contributed by atoms with Gasteiger partial charge in [-0.15, -0.1) is 11.8 Å². The number of rotatable bonds is 5. The molecule has 0 aromatic heterocycles. The summed E-state index contributed by atoms with van der Waals surface area (Å²) in [6.07, 6.45) is 0. The van der Waals surface area contributed by atoms with Gasteiger partial charge < -0.3 is 0 Å². The second kappa shape index (κ2) is 6.46. The van der Waals surface area contributed by atoms with Gasteiger partial charge in [0.1, 0.15) is 0 Å². The Labute approximate surface area is 125 Å². The smallest absolute Gasteiger partial charge is 0.180 e. The van der Waals surface area contributed by atoms with Crippen molar-refractivity contribution in [3.63, 3.8) is 0 Å². The van der Waals surface area contributed by atoms with Crippen molar-refractivity contribution in [1.82, 2.24) is 0 Å². The zero-order chi connectivity index (χ0) is 14.6. The second-order valence-electron chi connectivity index (χ2n) is 4.84. The Morgan fingerprint density at radius 1 is 0.950 bits per heavy atom. The van der Waals surface area contributed by atoms with Crippen molar-refractivity contribution in [1.29, 1.82) is 0 Å². The van der Waals surface area contributed by atoms with Gasteiger partial charge in [0.25, 0.3) is 0 Å². The molecule has 4 heteroatoms. The Bertz CT molecular complexity index is 645. The third kappa shape index (κ3) is 3.64. The molecule has 0 amide bonds. The average molecular weight is 306 g/mol. The van der Waals surface area contributed by atoms with Crippen LogP contribution in [0.15, 0.2) is 64.4 Å². The molecule has 0 fully saturated rings. The van der Waals surface area contributed by atoms with E-state index in [1.807, 2.05) is 30.3 Å². The summed E-state index contributed by atoms with van der Waals surface area (Å²) in [6, 6.07) is 17.4. The summed E-state index contributed by atoms with van der Waals surface area (Å²) in [5, 5.41) is -0.384. The van der Waals surface area contributed by atoms with Crippen LogP contribution in [0.5, 0.6) is 0 Å². The Hall–Kier alpha value is -1.26. The predicted molar refractivity (Wildman–Crippen MR) is 84.8 cm³/mol. The average Bonchev–Trinajstić information content (AvgIpc) is 2.46. The Kier molecular flexibility index (Phi) is 4.89. The maximum absolute atomic E-state index is 12.0. The van der Waals surface area contributed by atoms with Crippen molar-refractivity contribution in [3.05, 3.63) is 60.2 Å². The fraction of sp³-hybridized carbons (Fsp3) is 0.250. The van der Waals surface area contributed by atoms with Crippen LogP contribution >= 0.6 is 11.8 Å². The molecule has 0 aliphatic heterocycles. The molecule has 0 radical (unpaired) electrons. The van der Waals surface area contributed by atoms with Crippen molar-refractivity contribution in [3.8, 4) is 0 Å². The topological polar surface area (TPSA) is 34.1 Å². The van der Waals surface area contributed by atoms with Crippen LogP contribution < -0.4 is 0 Å². The van der Waals surface area contributed by atoms with Crippen molar-refractivity contribution in [2.45, 2.75) is 34.6 Å². The van der Waals surface area contributed by atoms with E-state index in [4.69, 9.17) is 0 Å². The van der Waals surface area contributed by atoms with Gasteiger partial charge in [0.05, 0.1) is 10.1 Å². The third-order valence-corrected chi connectivity index (χ3v) is 6.27. The largest absolute Gasteiger partial charge is 0.223 e. The molecule has 0 saturated heterocycles. The Morgan fingerprint density at radius 3 is 2.10 bits per heavy atom. The van der Waals surface area contributed by atoms with Gasteiger partial charge in [-0.25, -0.2) is 8.42 Å². The number of benzene rings is 2. The number of hydrogen-bond donors (Lipinski definition) is 0. The van der Waals surface area contributed by atoms with E-state index in [0.717, 1.165) is 10.6 Å². The minimum Gasteiger partial charge on any atom is -0.223 e. The fourth-order valence-electron chi connectivity index (χ4n) is 1.74. The van der Waals surface area contributed by atoms with E-state index in [9.17, 15) is 8.42 Å². The van der Waals surface area contributed by atoms with Gasteiger partial charge in [-0.1, -0.05) is 30.3 Å². The van der Waals surface area contributed by atoms with Gasteiger partial charge in [0.2, 0.25) is 0 Å². The van der Waals surface area contributed by atoms with E-state index in [1.165, 1.54) is 5.56 Å². The number of thioether (sulfide) groups is 1. The standard InChI is InChI=1S/C16H18O2S2/c1-13(2)20(17,18)16-10-8-15(9-11-16)19-12-14-6-4-3-5-7-14/h3-11,13H,12H2,1-2H3. The Balaban J connectivity index is 2.06. The molecule has 2 aromatic carbocycles. The molecule has 2 nitrogen and oxygen atoms in total. The summed E-state index contributed by atoms with van der Waals surface area (Å²) in [5.41, 5.74) is 1.26. The summed E-state index contributed by atoms with van der Waals surface area (Å²) in [4.78, 5) is 1.48. The van der Waals surface area contributed by atoms with Gasteiger partial charge in [-0.2, -0.15) is 0 Å². The first kappa shape index (κ1) is 15.1. The molecule has 2 rings (SSSR count). The predicted octanol–water partition coefficient (Wildman–Crippen LogP) is 4.16. The molecule has 0 atom stereocenters. The van der Waals surface area contributed by atoms with Gasteiger partial charge in [0.15, 0.2) is 9.84 Å². The van der Waals surface area contributed by atoms with Crippen LogP contribution in [0.1, 0.15) is 19.4 Å². The first-order valence-corrected chi connectivity index (χ1v) is 9.04. The molecule has 0 bridgehead atoms. The van der Waals surface area contributed by atoms with Crippen LogP contribution in [0, 0.1) is 0 Å². The minimum atomic E-state index is -3.17. The summed E-state index contributed by atoms with van der Waals surface area (Å²) in [5.74, 6) is 0.886. The monoisotopic (exact) mass is 306 g/mol. The summed E-state index contributed by atoms with van der Waals surface area (Å²) >= 11 is 1.71. The van der Waals surface area contributed by atoms with E-state index < -0.39 is 9.84 Å². The quantitative estimate of drug-likeness (QED) is 0.778. The van der Waals surface area contributed by atoms with Gasteiger partial charge in [-0.3, -0.25) is 0 Å². The molecule has 2 aromatic rings. The second-order valence-corrected chi connectivity index (χ2v) is 8.39. The maximum atomic E-state index is 12.0. The molecule has 20 heavy (non-hydrogen) atoms. The van der Waals surface area contributed by atoms with Crippen LogP contribution in [0.4, 0.5) is 0 Å². The van der Waals surface area contributed by atoms with Crippen molar-refractivity contribution < 1.29 is 8.42 Å². The van der Waals surface area contributed by atoms with Gasteiger partial charge in [-0.05, 0) is 43.7 Å². The van der Waals surface area contributed by atoms with E-state index in [0.29, 0.717) is 4.90 Å². The van der Waals surface area contributed by atoms with Crippen molar-refractivity contribution >= 4 is 21.6 Å². The third-order valence-electron chi connectivity index (χ3n) is 3.02. The summed E-state index contributed by atoms with van der Waals surface area (Å²) < 4.78 is 24.0. The zero-order valence-corrected chi connectivity index (χ0v) is 13.2. The molecule has 106 valence electrons. The molecule has 0 spiro atoms. The first-order valence-electron chi connectivity index (χ1n) is 6.51. The molecule has 0 aliphatic rings. The Morgan fingerprint density at radius 2 is 1.55 bits per heavy atom. The molecular formula is C16H18O2S2. The van der Waals surface area contributed by atoms with E-state index in [1.54, 1.807) is 37.7 Å². The van der Waals surface area contributed by atoms with Crippen LogP contribution in [-0.4, -0.2) is 13.7 Å². The molecule has 0 aliphatic carbocycles. The zero-order valence-electron chi connectivity index (χ0n) is 11.6. The van der Waals surface area contributed by atoms with Crippen LogP contribution in [0.2, 0.25) is 0 Å². The molecular weight excluding hydrogens is 288 g/mol. The highest BCUT2D eigenvalue weighted by Gasteiger charge is 2.18. The molecule has 0 heterocycles. The molecule has 0 saturated carbocycles. The van der Waals surface area contributed by atoms with Crippen molar-refractivity contribution in [2.75, 3.05) is 0 Å². The highest BCUT2D eigenvalue weighted by atomic mass is 32.2. The maximum Gasteiger partial charge on any atom is 0.180 e. The lowest BCUT2D eigenvalue weighted by molar-refractivity contribution is 0.587. The minimum absolute atomic E-state index is 0.384. The fourth-order valence-corrected chi connectivity index (χ4v) is 3.65. The van der Waals surface area contributed by atoms with Crippen molar-refractivity contribution in [2.24, 2.45) is 0 Å². The number of hydrogen-bond acceptors (Lipinski definition) is 3. The van der Waals surface area contributed by atoms with Gasteiger partial charge >= 0.3 is 0 Å². The lowest BCUT2D eigenvalue weighted by atomic mass is 10.2. The highest BCUT2D eigenvalue weighted by Crippen LogP contribution is 2.25. The van der Waals surface area contributed by atoms with Gasteiger partial charge in [0, 0.05) is 10.6 Å². The van der Waals surface area contributed by atoms with Crippen LogP contribution in [0.3, 0.4) is 0 Å². The van der Waals surface area contributed by atoms with Crippen LogP contribution in [0.25, 0.3) is 0 Å². The van der Waals surface area contributed by atoms with E-state index in [2.05, 4.69) is 12.1 Å². The molecule has 0 unspecified atom stereocenters. The van der Waals surface area contributed by atoms with Crippen LogP contribution in [-0.2, 0) is 15.6 Å². The van der Waals surface area contributed by atoms with E-state index in [-0.39, 0.29) is 5.25 Å². The highest BCUT2D eigenvalue weighted by molar-refractivity contribution is 7.98. The first-order chi connectivity index (χ1) is 9.50. The summed E-state index contributed by atoms with van der Waals surface area (Å²) in [7, 11) is -3.17. The SMILES string of the molecule is CC(C)S(=O)(=O)c1ccc(SCc2ccccc2)cc1. The van der Waals surface area contributed by atoms with E-state index >= 15 is 0 Å². The lowest BCUT2D eigenvalue weighted by Crippen LogP contribution is -2.13. The summed E-state index contributed by atoms with van der Waals surface area (Å²) in [6.45, 7) is 3.40. The lowest BCUT2D eigenvalue weighted by Gasteiger charge is -2.08. The molecule has 0 N–H and O–H groups in total. The normalized spacial score (nSPS) is 11.8. The number of sulfone groups is 1.